The van der Waals surface area contributed by atoms with Crippen LogP contribution in [0.5, 0.6) is 11.5 Å². The third-order valence-electron chi connectivity index (χ3n) is 4.99. The summed E-state index contributed by atoms with van der Waals surface area (Å²) >= 11 is 0. The van der Waals surface area contributed by atoms with Crippen molar-refractivity contribution in [1.82, 2.24) is 4.90 Å². The molecule has 1 saturated heterocycles. The van der Waals surface area contributed by atoms with Gasteiger partial charge in [0.25, 0.3) is 0 Å². The Bertz CT molecular complexity index is 726. The number of aliphatic hydroxyl groups is 1. The second-order valence-electron chi connectivity index (χ2n) is 7.15. The molecule has 3 unspecified atom stereocenters. The first kappa shape index (κ1) is 19.3. The summed E-state index contributed by atoms with van der Waals surface area (Å²) in [5, 5.41) is 10.4. The number of likely N-dealkylation sites (tertiary alicyclic amines) is 1. The number of nitrogen functional groups attached to an aromatic ring is 2. The normalized spacial score (nSPS) is 21.6. The van der Waals surface area contributed by atoms with Gasteiger partial charge in [-0.15, -0.1) is 0 Å². The first-order chi connectivity index (χ1) is 13.0. The fraction of sp³-hybridized carbons (Fsp3) is 0.429. The zero-order chi connectivity index (χ0) is 19.2. The summed E-state index contributed by atoms with van der Waals surface area (Å²) in [7, 11) is 0. The Morgan fingerprint density at radius 3 is 2.67 bits per heavy atom. The smallest absolute Gasteiger partial charge is 0.144 e. The Kier molecular flexibility index (Phi) is 6.42. The number of para-hydroxylation sites is 2. The van der Waals surface area contributed by atoms with Gasteiger partial charge in [-0.1, -0.05) is 24.3 Å². The molecule has 6 nitrogen and oxygen atoms in total. The molecular formula is C21H29N3O3. The number of hydrogen-bond acceptors (Lipinski definition) is 6. The maximum absolute atomic E-state index is 10.4. The van der Waals surface area contributed by atoms with Crippen molar-refractivity contribution in [3.8, 4) is 11.5 Å². The maximum Gasteiger partial charge on any atom is 0.144 e. The lowest BCUT2D eigenvalue weighted by Gasteiger charge is -2.38. The molecule has 0 bridgehead atoms. The van der Waals surface area contributed by atoms with Gasteiger partial charge in [-0.3, -0.25) is 4.90 Å². The van der Waals surface area contributed by atoms with Gasteiger partial charge in [0.1, 0.15) is 30.3 Å². The Hall–Kier alpha value is -2.44. The minimum absolute atomic E-state index is 0.181. The summed E-state index contributed by atoms with van der Waals surface area (Å²) in [4.78, 5) is 2.28. The number of nitrogens with zero attached hydrogens (tertiary/aromatic N) is 1. The standard InChI is InChI=1S/C21H29N3O3/c1-15-12-18(27-17-6-3-2-4-7-17)10-11-24(15)13-16(25)14-26-20-9-5-8-19(22)21(20)23/h2-9,15-16,18,25H,10-14,22-23H2,1H3. The molecule has 0 aromatic heterocycles. The Balaban J connectivity index is 1.45. The van der Waals surface area contributed by atoms with Gasteiger partial charge in [0.2, 0.25) is 0 Å². The van der Waals surface area contributed by atoms with E-state index < -0.39 is 6.10 Å². The van der Waals surface area contributed by atoms with Crippen LogP contribution in [0.15, 0.2) is 48.5 Å². The fourth-order valence-corrected chi connectivity index (χ4v) is 3.44. The highest BCUT2D eigenvalue weighted by Gasteiger charge is 2.28. The molecule has 27 heavy (non-hydrogen) atoms. The van der Waals surface area contributed by atoms with Gasteiger partial charge in [-0.25, -0.2) is 0 Å². The second kappa shape index (κ2) is 8.97. The van der Waals surface area contributed by atoms with E-state index in [4.69, 9.17) is 20.9 Å². The molecule has 1 aliphatic rings. The first-order valence-corrected chi connectivity index (χ1v) is 9.43. The highest BCUT2D eigenvalue weighted by atomic mass is 16.5. The average molecular weight is 371 g/mol. The Labute approximate surface area is 160 Å². The number of hydrogen-bond donors (Lipinski definition) is 3. The summed E-state index contributed by atoms with van der Waals surface area (Å²) in [5.41, 5.74) is 12.6. The topological polar surface area (TPSA) is 94.0 Å². The molecule has 2 aromatic rings. The van der Waals surface area contributed by atoms with Gasteiger partial charge in [0.15, 0.2) is 0 Å². The van der Waals surface area contributed by atoms with Crippen LogP contribution in [-0.4, -0.2) is 48.0 Å². The predicted molar refractivity (Wildman–Crippen MR) is 108 cm³/mol. The number of anilines is 2. The lowest BCUT2D eigenvalue weighted by molar-refractivity contribution is 0.0154. The average Bonchev–Trinajstić information content (AvgIpc) is 2.66. The van der Waals surface area contributed by atoms with Crippen molar-refractivity contribution in [2.45, 2.75) is 38.0 Å². The van der Waals surface area contributed by atoms with E-state index in [0.717, 1.165) is 25.1 Å². The van der Waals surface area contributed by atoms with E-state index in [2.05, 4.69) is 11.8 Å². The minimum atomic E-state index is -0.597. The van der Waals surface area contributed by atoms with E-state index in [9.17, 15) is 5.11 Å². The van der Waals surface area contributed by atoms with Gasteiger partial charge in [0.05, 0.1) is 11.4 Å². The van der Waals surface area contributed by atoms with Crippen LogP contribution in [0, 0.1) is 0 Å². The third kappa shape index (κ3) is 5.28. The van der Waals surface area contributed by atoms with E-state index in [0.29, 0.717) is 29.7 Å². The summed E-state index contributed by atoms with van der Waals surface area (Å²) in [6.45, 7) is 3.79. The molecular weight excluding hydrogens is 342 g/mol. The third-order valence-corrected chi connectivity index (χ3v) is 4.99. The van der Waals surface area contributed by atoms with Gasteiger partial charge >= 0.3 is 0 Å². The van der Waals surface area contributed by atoms with Crippen LogP contribution in [-0.2, 0) is 0 Å². The van der Waals surface area contributed by atoms with Crippen molar-refractivity contribution in [2.24, 2.45) is 0 Å². The van der Waals surface area contributed by atoms with Crippen LogP contribution in [0.3, 0.4) is 0 Å². The van der Waals surface area contributed by atoms with Crippen molar-refractivity contribution in [1.29, 1.82) is 0 Å². The summed E-state index contributed by atoms with van der Waals surface area (Å²) in [6, 6.07) is 15.5. The van der Waals surface area contributed by atoms with E-state index in [1.54, 1.807) is 18.2 Å². The van der Waals surface area contributed by atoms with Crippen LogP contribution >= 0.6 is 0 Å². The molecule has 1 heterocycles. The highest BCUT2D eigenvalue weighted by Crippen LogP contribution is 2.27. The largest absolute Gasteiger partial charge is 0.490 e. The molecule has 1 fully saturated rings. The molecule has 0 saturated carbocycles. The highest BCUT2D eigenvalue weighted by molar-refractivity contribution is 5.70. The van der Waals surface area contributed by atoms with Crippen LogP contribution in [0.2, 0.25) is 0 Å². The predicted octanol–water partition coefficient (Wildman–Crippen LogP) is 2.52. The van der Waals surface area contributed by atoms with E-state index in [-0.39, 0.29) is 12.7 Å². The minimum Gasteiger partial charge on any atom is -0.490 e. The molecule has 3 atom stereocenters. The zero-order valence-electron chi connectivity index (χ0n) is 15.8. The summed E-state index contributed by atoms with van der Waals surface area (Å²) in [6.07, 6.45) is 1.48. The molecule has 2 aromatic carbocycles. The molecule has 1 aliphatic heterocycles. The van der Waals surface area contributed by atoms with Crippen LogP contribution in [0.4, 0.5) is 11.4 Å². The maximum atomic E-state index is 10.4. The second-order valence-corrected chi connectivity index (χ2v) is 7.15. The Morgan fingerprint density at radius 1 is 1.15 bits per heavy atom. The van der Waals surface area contributed by atoms with Crippen LogP contribution in [0.25, 0.3) is 0 Å². The van der Waals surface area contributed by atoms with Gasteiger partial charge < -0.3 is 26.0 Å². The number of ether oxygens (including phenoxy) is 2. The summed E-state index contributed by atoms with van der Waals surface area (Å²) in [5.74, 6) is 1.42. The quantitative estimate of drug-likeness (QED) is 0.648. The molecule has 0 radical (unpaired) electrons. The summed E-state index contributed by atoms with van der Waals surface area (Å²) < 4.78 is 11.7. The first-order valence-electron chi connectivity index (χ1n) is 9.43. The van der Waals surface area contributed by atoms with Crippen molar-refractivity contribution < 1.29 is 14.6 Å². The number of nitrogens with two attached hydrogens (primary N) is 2. The molecule has 0 spiro atoms. The van der Waals surface area contributed by atoms with Gasteiger partial charge in [0, 0.05) is 19.1 Å². The van der Waals surface area contributed by atoms with Crippen molar-refractivity contribution >= 4 is 11.4 Å². The van der Waals surface area contributed by atoms with E-state index in [1.165, 1.54) is 0 Å². The molecule has 6 heteroatoms. The van der Waals surface area contributed by atoms with E-state index >= 15 is 0 Å². The van der Waals surface area contributed by atoms with Crippen molar-refractivity contribution in [3.63, 3.8) is 0 Å². The fourth-order valence-electron chi connectivity index (χ4n) is 3.44. The van der Waals surface area contributed by atoms with Crippen molar-refractivity contribution in [3.05, 3.63) is 48.5 Å². The molecule has 3 rings (SSSR count). The lowest BCUT2D eigenvalue weighted by Crippen LogP contribution is -2.48. The number of aliphatic hydroxyl groups excluding tert-OH is 1. The van der Waals surface area contributed by atoms with Crippen LogP contribution < -0.4 is 20.9 Å². The molecule has 5 N–H and O–H groups in total. The number of β-amino-alcohol motifs (C(OH)–C–C–N with tert-alkyl or cyclic N) is 1. The van der Waals surface area contributed by atoms with Crippen molar-refractivity contribution in [2.75, 3.05) is 31.2 Å². The van der Waals surface area contributed by atoms with Gasteiger partial charge in [-0.2, -0.15) is 0 Å². The number of benzene rings is 2. The monoisotopic (exact) mass is 371 g/mol. The van der Waals surface area contributed by atoms with E-state index in [1.807, 2.05) is 30.3 Å². The Morgan fingerprint density at radius 2 is 1.93 bits per heavy atom. The SMILES string of the molecule is CC1CC(Oc2ccccc2)CCN1CC(O)COc1cccc(N)c1N. The van der Waals surface area contributed by atoms with Crippen LogP contribution in [0.1, 0.15) is 19.8 Å². The number of rotatable bonds is 7. The molecule has 146 valence electrons. The zero-order valence-corrected chi connectivity index (χ0v) is 15.8. The number of piperidine rings is 1. The lowest BCUT2D eigenvalue weighted by atomic mass is 10.00. The molecule has 0 aliphatic carbocycles. The van der Waals surface area contributed by atoms with Gasteiger partial charge in [-0.05, 0) is 44.0 Å². The molecule has 0 amide bonds.